The van der Waals surface area contributed by atoms with Crippen LogP contribution in [0.15, 0.2) is 17.1 Å². The van der Waals surface area contributed by atoms with Crippen LogP contribution in [0.5, 0.6) is 0 Å². The van der Waals surface area contributed by atoms with Gasteiger partial charge in [-0.25, -0.2) is 0 Å². The third-order valence-electron chi connectivity index (χ3n) is 1.63. The molecule has 0 fully saturated rings. The van der Waals surface area contributed by atoms with Gasteiger partial charge in [0.2, 0.25) is 0 Å². The van der Waals surface area contributed by atoms with Crippen molar-refractivity contribution >= 4 is 12.2 Å². The van der Waals surface area contributed by atoms with Crippen molar-refractivity contribution in [3.05, 3.63) is 12.2 Å². The average molecular weight is 167 g/mol. The first-order chi connectivity index (χ1) is 5.83. The Balaban J connectivity index is 2.27. The minimum Gasteiger partial charge on any atom is -0.466 e. The predicted octanol–water partition coefficient (Wildman–Crippen LogP) is 1.34. The molecule has 0 bridgehead atoms. The van der Waals surface area contributed by atoms with Gasteiger partial charge in [0.05, 0.1) is 19.1 Å². The van der Waals surface area contributed by atoms with E-state index in [1.54, 1.807) is 6.21 Å². The van der Waals surface area contributed by atoms with E-state index in [2.05, 4.69) is 4.99 Å². The molecule has 0 aromatic heterocycles. The summed E-state index contributed by atoms with van der Waals surface area (Å²) in [6, 6.07) is 0.0917. The second-order valence-electron chi connectivity index (χ2n) is 2.62. The minimum atomic E-state index is -0.157. The average Bonchev–Trinajstić information content (AvgIpc) is 2.06. The van der Waals surface area contributed by atoms with Gasteiger partial charge in [0.25, 0.3) is 0 Å². The fraction of sp³-hybridized carbons (Fsp3) is 0.556. The van der Waals surface area contributed by atoms with Gasteiger partial charge in [-0.2, -0.15) is 0 Å². The van der Waals surface area contributed by atoms with Crippen molar-refractivity contribution in [2.24, 2.45) is 4.99 Å². The lowest BCUT2D eigenvalue weighted by Gasteiger charge is -2.10. The van der Waals surface area contributed by atoms with Gasteiger partial charge in [-0.05, 0) is 19.4 Å². The molecule has 0 saturated heterocycles. The van der Waals surface area contributed by atoms with Crippen LogP contribution in [0.2, 0.25) is 0 Å². The number of carbonyl (C=O) groups is 1. The summed E-state index contributed by atoms with van der Waals surface area (Å²) >= 11 is 0. The van der Waals surface area contributed by atoms with Gasteiger partial charge < -0.3 is 4.74 Å². The van der Waals surface area contributed by atoms with Crippen LogP contribution in [0.25, 0.3) is 0 Å². The molecule has 66 valence electrons. The molecule has 1 unspecified atom stereocenters. The van der Waals surface area contributed by atoms with E-state index in [-0.39, 0.29) is 12.0 Å². The topological polar surface area (TPSA) is 38.7 Å². The number of aliphatic imine (C=N–C) groups is 1. The molecule has 1 heterocycles. The van der Waals surface area contributed by atoms with Crippen molar-refractivity contribution in [2.45, 2.75) is 25.8 Å². The Bertz CT molecular complexity index is 209. The van der Waals surface area contributed by atoms with Crippen molar-refractivity contribution in [1.29, 1.82) is 0 Å². The Kier molecular flexibility index (Phi) is 3.51. The van der Waals surface area contributed by atoms with Crippen molar-refractivity contribution in [1.82, 2.24) is 0 Å². The molecule has 0 aliphatic carbocycles. The molecule has 1 atom stereocenters. The number of allylic oxidation sites excluding steroid dienone is 1. The molecule has 1 rings (SSSR count). The largest absolute Gasteiger partial charge is 0.466 e. The predicted molar refractivity (Wildman–Crippen MR) is 47.3 cm³/mol. The summed E-state index contributed by atoms with van der Waals surface area (Å²) < 4.78 is 4.81. The van der Waals surface area contributed by atoms with E-state index >= 15 is 0 Å². The van der Waals surface area contributed by atoms with Gasteiger partial charge >= 0.3 is 5.97 Å². The highest BCUT2D eigenvalue weighted by Crippen LogP contribution is 2.08. The first kappa shape index (κ1) is 8.97. The second-order valence-corrected chi connectivity index (χ2v) is 2.62. The monoisotopic (exact) mass is 167 g/mol. The molecule has 0 spiro atoms. The molecule has 0 radical (unpaired) electrons. The highest BCUT2D eigenvalue weighted by atomic mass is 16.5. The molecule has 1 aliphatic heterocycles. The van der Waals surface area contributed by atoms with Crippen LogP contribution in [0.4, 0.5) is 0 Å². The number of esters is 1. The van der Waals surface area contributed by atoms with Crippen molar-refractivity contribution in [3.8, 4) is 0 Å². The molecular weight excluding hydrogens is 154 g/mol. The van der Waals surface area contributed by atoms with Crippen LogP contribution in [-0.2, 0) is 9.53 Å². The normalized spacial score (nSPS) is 20.9. The molecule has 12 heavy (non-hydrogen) atoms. The number of ether oxygens (including phenoxy) is 1. The lowest BCUT2D eigenvalue weighted by Crippen LogP contribution is -2.15. The zero-order chi connectivity index (χ0) is 8.81. The van der Waals surface area contributed by atoms with E-state index in [1.807, 2.05) is 19.1 Å². The summed E-state index contributed by atoms with van der Waals surface area (Å²) in [6.07, 6.45) is 6.87. The minimum absolute atomic E-state index is 0.0917. The number of nitrogens with zero attached hydrogens (tertiary/aromatic N) is 1. The third-order valence-corrected chi connectivity index (χ3v) is 1.63. The molecule has 0 aromatic rings. The Morgan fingerprint density at radius 1 is 1.75 bits per heavy atom. The maximum absolute atomic E-state index is 11.0. The number of hydrogen-bond donors (Lipinski definition) is 0. The zero-order valence-corrected chi connectivity index (χ0v) is 7.19. The highest BCUT2D eigenvalue weighted by Gasteiger charge is 2.12. The quantitative estimate of drug-likeness (QED) is 0.595. The lowest BCUT2D eigenvalue weighted by molar-refractivity contribution is -0.143. The van der Waals surface area contributed by atoms with E-state index in [4.69, 9.17) is 4.74 Å². The van der Waals surface area contributed by atoms with Crippen LogP contribution in [0.3, 0.4) is 0 Å². The van der Waals surface area contributed by atoms with Crippen LogP contribution in [0.1, 0.15) is 19.8 Å². The van der Waals surface area contributed by atoms with Gasteiger partial charge in [0.1, 0.15) is 0 Å². The number of hydrogen-bond acceptors (Lipinski definition) is 3. The fourth-order valence-corrected chi connectivity index (χ4v) is 1.08. The zero-order valence-electron chi connectivity index (χ0n) is 7.19. The van der Waals surface area contributed by atoms with Gasteiger partial charge in [0, 0.05) is 6.21 Å². The summed E-state index contributed by atoms with van der Waals surface area (Å²) in [5.41, 5.74) is 0. The summed E-state index contributed by atoms with van der Waals surface area (Å²) in [5, 5.41) is 0. The van der Waals surface area contributed by atoms with Crippen LogP contribution in [-0.4, -0.2) is 24.8 Å². The van der Waals surface area contributed by atoms with E-state index in [0.29, 0.717) is 13.0 Å². The lowest BCUT2D eigenvalue weighted by atomic mass is 10.1. The Labute approximate surface area is 72.1 Å². The molecule has 3 nitrogen and oxygen atoms in total. The molecule has 3 heteroatoms. The third kappa shape index (κ3) is 2.86. The summed E-state index contributed by atoms with van der Waals surface area (Å²) in [6.45, 7) is 2.26. The maximum atomic E-state index is 11.0. The highest BCUT2D eigenvalue weighted by molar-refractivity contribution is 5.74. The standard InChI is InChI=1S/C9H13NO2/c1-2-12-9(11)7-8-5-3-4-6-10-8/h3-4,6,8H,2,5,7H2,1H3. The van der Waals surface area contributed by atoms with Crippen molar-refractivity contribution < 1.29 is 9.53 Å². The van der Waals surface area contributed by atoms with Crippen LogP contribution in [0, 0.1) is 0 Å². The Hall–Kier alpha value is -1.12. The van der Waals surface area contributed by atoms with Crippen LogP contribution < -0.4 is 0 Å². The van der Waals surface area contributed by atoms with E-state index < -0.39 is 0 Å². The summed E-state index contributed by atoms with van der Waals surface area (Å²) in [7, 11) is 0. The van der Waals surface area contributed by atoms with E-state index in [1.165, 1.54) is 0 Å². The fourth-order valence-electron chi connectivity index (χ4n) is 1.08. The van der Waals surface area contributed by atoms with Gasteiger partial charge in [0.15, 0.2) is 0 Å². The number of rotatable bonds is 3. The first-order valence-electron chi connectivity index (χ1n) is 4.17. The van der Waals surface area contributed by atoms with Gasteiger partial charge in [-0.3, -0.25) is 9.79 Å². The van der Waals surface area contributed by atoms with E-state index in [0.717, 1.165) is 6.42 Å². The maximum Gasteiger partial charge on any atom is 0.307 e. The van der Waals surface area contributed by atoms with E-state index in [9.17, 15) is 4.79 Å². The SMILES string of the molecule is CCOC(=O)CC1CC=CC=N1. The summed E-state index contributed by atoms with van der Waals surface area (Å²) in [4.78, 5) is 15.1. The molecule has 0 saturated carbocycles. The number of carbonyl (C=O) groups excluding carboxylic acids is 1. The molecule has 0 N–H and O–H groups in total. The Morgan fingerprint density at radius 2 is 2.58 bits per heavy atom. The molecule has 0 aromatic carbocycles. The molecule has 1 aliphatic rings. The van der Waals surface area contributed by atoms with Gasteiger partial charge in [-0.15, -0.1) is 0 Å². The Morgan fingerprint density at radius 3 is 3.17 bits per heavy atom. The summed E-state index contributed by atoms with van der Waals surface area (Å²) in [5.74, 6) is -0.157. The van der Waals surface area contributed by atoms with Crippen molar-refractivity contribution in [2.75, 3.05) is 6.61 Å². The second kappa shape index (κ2) is 4.70. The smallest absolute Gasteiger partial charge is 0.307 e. The molecule has 0 amide bonds. The van der Waals surface area contributed by atoms with Gasteiger partial charge in [-0.1, -0.05) is 6.08 Å². The van der Waals surface area contributed by atoms with Crippen molar-refractivity contribution in [3.63, 3.8) is 0 Å². The first-order valence-corrected chi connectivity index (χ1v) is 4.17. The number of dihydropyridines is 1. The molecular formula is C9H13NO2. The van der Waals surface area contributed by atoms with Crippen LogP contribution >= 0.6 is 0 Å².